The molecule has 6 rings (SSSR count). The predicted molar refractivity (Wildman–Crippen MR) is 159 cm³/mol. The average molecular weight is 547 g/mol. The number of carbonyl (C=O) groups is 1. The van der Waals surface area contributed by atoms with E-state index >= 15 is 0 Å². The predicted octanol–water partition coefficient (Wildman–Crippen LogP) is 5.77. The van der Waals surface area contributed by atoms with Crippen molar-refractivity contribution >= 4 is 45.8 Å². The fourth-order valence-electron chi connectivity index (χ4n) is 4.95. The molecule has 0 bridgehead atoms. The van der Waals surface area contributed by atoms with Crippen LogP contribution >= 0.6 is 11.3 Å². The van der Waals surface area contributed by atoms with E-state index in [2.05, 4.69) is 20.4 Å². The molecular formula is C31H26N6O2S. The summed E-state index contributed by atoms with van der Waals surface area (Å²) in [6, 6.07) is 18.5. The molecular weight excluding hydrogens is 520 g/mol. The van der Waals surface area contributed by atoms with Crippen LogP contribution in [0.5, 0.6) is 0 Å². The Kier molecular flexibility index (Phi) is 6.57. The number of rotatable bonds is 6. The molecule has 4 aromatic heterocycles. The molecule has 0 aliphatic rings. The van der Waals surface area contributed by atoms with Gasteiger partial charge in [0.05, 0.1) is 27.8 Å². The number of pyridine rings is 1. The molecule has 0 saturated heterocycles. The summed E-state index contributed by atoms with van der Waals surface area (Å²) in [4.78, 5) is 36.6. The van der Waals surface area contributed by atoms with Crippen LogP contribution in [0.15, 0.2) is 83.2 Å². The first-order valence-electron chi connectivity index (χ1n) is 12.9. The van der Waals surface area contributed by atoms with Crippen LogP contribution in [0.2, 0.25) is 0 Å². The van der Waals surface area contributed by atoms with Crippen molar-refractivity contribution in [1.29, 1.82) is 0 Å². The summed E-state index contributed by atoms with van der Waals surface area (Å²) in [6.07, 6.45) is 7.25. The lowest BCUT2D eigenvalue weighted by molar-refractivity contribution is 0.0939. The van der Waals surface area contributed by atoms with E-state index in [1.165, 1.54) is 0 Å². The summed E-state index contributed by atoms with van der Waals surface area (Å²) in [6.45, 7) is 5.63. The molecule has 6 aromatic rings. The molecule has 0 fully saturated rings. The molecule has 0 radical (unpaired) electrons. The number of aromatic nitrogens is 5. The number of fused-ring (bicyclic) bond motifs is 2. The lowest BCUT2D eigenvalue weighted by Crippen LogP contribution is -2.32. The fraction of sp³-hybridized carbons (Fsp3) is 0.129. The van der Waals surface area contributed by atoms with Crippen molar-refractivity contribution in [2.24, 2.45) is 0 Å². The maximum Gasteiger partial charge on any atom is 0.263 e. The number of hydrogen-bond donors (Lipinski definition) is 1. The molecule has 0 unspecified atom stereocenters. The third-order valence-corrected chi connectivity index (χ3v) is 7.57. The molecule has 198 valence electrons. The van der Waals surface area contributed by atoms with Gasteiger partial charge >= 0.3 is 0 Å². The highest BCUT2D eigenvalue weighted by atomic mass is 32.1. The molecule has 8 nitrogen and oxygen atoms in total. The molecule has 1 amide bonds. The van der Waals surface area contributed by atoms with Crippen LogP contribution in [0.25, 0.3) is 34.3 Å². The van der Waals surface area contributed by atoms with Gasteiger partial charge in [-0.2, -0.15) is 5.10 Å². The number of aryl methyl sites for hydroxylation is 2. The number of para-hydroxylation sites is 1. The van der Waals surface area contributed by atoms with Gasteiger partial charge in [-0.25, -0.2) is 14.5 Å². The Morgan fingerprint density at radius 3 is 2.65 bits per heavy atom. The summed E-state index contributed by atoms with van der Waals surface area (Å²) in [7, 11) is 0. The normalized spacial score (nSPS) is 12.4. The van der Waals surface area contributed by atoms with Gasteiger partial charge in [0.2, 0.25) is 0 Å². The molecule has 0 aliphatic heterocycles. The molecule has 40 heavy (non-hydrogen) atoms. The second-order valence-electron chi connectivity index (χ2n) is 9.52. The third kappa shape index (κ3) is 4.60. The fourth-order valence-corrected chi connectivity index (χ4v) is 5.53. The lowest BCUT2D eigenvalue weighted by Gasteiger charge is -2.21. The van der Waals surface area contributed by atoms with Crippen molar-refractivity contribution in [2.45, 2.75) is 26.8 Å². The summed E-state index contributed by atoms with van der Waals surface area (Å²) >= 11 is 1.58. The maximum absolute atomic E-state index is 14.2. The smallest absolute Gasteiger partial charge is 0.263 e. The average Bonchev–Trinajstić information content (AvgIpc) is 3.53. The van der Waals surface area contributed by atoms with Crippen LogP contribution in [0.3, 0.4) is 0 Å². The van der Waals surface area contributed by atoms with Crippen LogP contribution in [-0.4, -0.2) is 30.1 Å². The first-order valence-corrected chi connectivity index (χ1v) is 13.7. The zero-order chi connectivity index (χ0) is 27.8. The van der Waals surface area contributed by atoms with Gasteiger partial charge < -0.3 is 5.32 Å². The molecule has 0 saturated carbocycles. The Labute approximate surface area is 234 Å². The molecule has 0 aliphatic carbocycles. The molecule has 2 aromatic carbocycles. The number of nitrogens with zero attached hydrogens (tertiary/aromatic N) is 5. The van der Waals surface area contributed by atoms with Gasteiger partial charge in [0.15, 0.2) is 5.65 Å². The number of nitrogens with one attached hydrogen (secondary N) is 1. The number of amides is 1. The van der Waals surface area contributed by atoms with E-state index < -0.39 is 6.04 Å². The molecule has 9 heteroatoms. The largest absolute Gasteiger partial charge is 0.344 e. The van der Waals surface area contributed by atoms with Gasteiger partial charge in [0, 0.05) is 29.2 Å². The SMILES string of the molecule is Cc1nc(/C=C/c2cccc3cc([C@H](C)NC(=O)c4c(C)nn5cccnc45)n(-c4ccccc4)c(=O)c23)cs1. The van der Waals surface area contributed by atoms with E-state index in [-0.39, 0.29) is 11.5 Å². The van der Waals surface area contributed by atoms with Crippen molar-refractivity contribution in [2.75, 3.05) is 0 Å². The highest BCUT2D eigenvalue weighted by molar-refractivity contribution is 7.09. The van der Waals surface area contributed by atoms with Gasteiger partial charge in [-0.3, -0.25) is 14.2 Å². The van der Waals surface area contributed by atoms with Crippen LogP contribution in [0.1, 0.15) is 51.0 Å². The first kappa shape index (κ1) is 25.4. The summed E-state index contributed by atoms with van der Waals surface area (Å²) in [5, 5.41) is 11.9. The molecule has 0 spiro atoms. The highest BCUT2D eigenvalue weighted by Gasteiger charge is 2.23. The van der Waals surface area contributed by atoms with E-state index in [1.807, 2.05) is 86.0 Å². The van der Waals surface area contributed by atoms with Crippen molar-refractivity contribution in [3.63, 3.8) is 0 Å². The standard InChI is InChI=1S/C31H26N6O2S/c1-19(33-30(38)27-20(2)35-36-16-8-15-32-29(27)36)26-17-23-10-7-9-22(13-14-24-18-40-21(3)34-24)28(23)31(39)37(26)25-11-5-4-6-12-25/h4-19H,1-3H3,(H,33,38)/b14-13+/t19-/m0/s1. The van der Waals surface area contributed by atoms with E-state index in [0.717, 1.165) is 21.7 Å². The zero-order valence-electron chi connectivity index (χ0n) is 22.2. The van der Waals surface area contributed by atoms with Crippen LogP contribution in [0, 0.1) is 13.8 Å². The number of benzene rings is 2. The summed E-state index contributed by atoms with van der Waals surface area (Å²) in [5.74, 6) is -0.305. The van der Waals surface area contributed by atoms with Gasteiger partial charge in [-0.05, 0) is 62.1 Å². The molecule has 4 heterocycles. The van der Waals surface area contributed by atoms with Gasteiger partial charge in [-0.1, -0.05) is 42.5 Å². The summed E-state index contributed by atoms with van der Waals surface area (Å²) < 4.78 is 3.27. The molecule has 1 atom stereocenters. The second-order valence-corrected chi connectivity index (χ2v) is 10.6. The van der Waals surface area contributed by atoms with Crippen molar-refractivity contribution in [3.05, 3.63) is 122 Å². The van der Waals surface area contributed by atoms with E-state index in [4.69, 9.17) is 0 Å². The van der Waals surface area contributed by atoms with Crippen molar-refractivity contribution in [3.8, 4) is 5.69 Å². The van der Waals surface area contributed by atoms with E-state index in [9.17, 15) is 9.59 Å². The maximum atomic E-state index is 14.2. The van der Waals surface area contributed by atoms with Crippen molar-refractivity contribution < 1.29 is 4.79 Å². The first-order chi connectivity index (χ1) is 19.4. The minimum Gasteiger partial charge on any atom is -0.344 e. The Bertz CT molecular complexity index is 1970. The number of hydrogen-bond acceptors (Lipinski definition) is 6. The second kappa shape index (κ2) is 10.3. The Balaban J connectivity index is 1.46. The van der Waals surface area contributed by atoms with Gasteiger partial charge in [0.1, 0.15) is 5.56 Å². The number of thiazole rings is 1. The van der Waals surface area contributed by atoms with Crippen molar-refractivity contribution in [1.82, 2.24) is 29.5 Å². The minimum absolute atomic E-state index is 0.164. The van der Waals surface area contributed by atoms with E-state index in [0.29, 0.717) is 33.7 Å². The highest BCUT2D eigenvalue weighted by Crippen LogP contribution is 2.25. The minimum atomic E-state index is -0.500. The Morgan fingerprint density at radius 1 is 1.05 bits per heavy atom. The van der Waals surface area contributed by atoms with Crippen LogP contribution in [0.4, 0.5) is 0 Å². The van der Waals surface area contributed by atoms with Gasteiger partial charge in [-0.15, -0.1) is 11.3 Å². The van der Waals surface area contributed by atoms with Crippen LogP contribution < -0.4 is 10.9 Å². The lowest BCUT2D eigenvalue weighted by atomic mass is 10.0. The number of carbonyl (C=O) groups excluding carboxylic acids is 1. The quantitative estimate of drug-likeness (QED) is 0.286. The van der Waals surface area contributed by atoms with Crippen LogP contribution in [-0.2, 0) is 0 Å². The Morgan fingerprint density at radius 2 is 1.88 bits per heavy atom. The Hall–Kier alpha value is -4.89. The summed E-state index contributed by atoms with van der Waals surface area (Å²) in [5.41, 5.74) is 4.34. The molecule has 1 N–H and O–H groups in total. The topological polar surface area (TPSA) is 94.2 Å². The van der Waals surface area contributed by atoms with E-state index in [1.54, 1.807) is 45.8 Å². The third-order valence-electron chi connectivity index (χ3n) is 6.78. The zero-order valence-corrected chi connectivity index (χ0v) is 23.0. The monoisotopic (exact) mass is 546 g/mol. The van der Waals surface area contributed by atoms with Gasteiger partial charge in [0.25, 0.3) is 11.5 Å².